The zero-order chi connectivity index (χ0) is 11.3. The van der Waals surface area contributed by atoms with Crippen LogP contribution in [0.5, 0.6) is 0 Å². The minimum atomic E-state index is 0.472. The topological polar surface area (TPSA) is 12.0 Å². The smallest absolute Gasteiger partial charge is 0.0328 e. The van der Waals surface area contributed by atoms with E-state index in [-0.39, 0.29) is 0 Å². The van der Waals surface area contributed by atoms with Gasteiger partial charge in [0.1, 0.15) is 0 Å². The fourth-order valence-corrected chi connectivity index (χ4v) is 2.55. The van der Waals surface area contributed by atoms with Gasteiger partial charge in [-0.25, -0.2) is 0 Å². The van der Waals surface area contributed by atoms with E-state index in [0.29, 0.717) is 6.04 Å². The highest BCUT2D eigenvalue weighted by Crippen LogP contribution is 2.27. The molecule has 0 radical (unpaired) electrons. The van der Waals surface area contributed by atoms with Crippen molar-refractivity contribution in [3.8, 4) is 0 Å². The molecule has 84 valence electrons. The van der Waals surface area contributed by atoms with Crippen LogP contribution in [0.2, 0.25) is 0 Å². The third-order valence-electron chi connectivity index (χ3n) is 2.73. The van der Waals surface area contributed by atoms with Crippen LogP contribution in [0, 0.1) is 6.92 Å². The standard InChI is InChI=1S/C13H20BrN/c1-4-5-6-13(15-3)11-8-7-10(2)9-12(11)14/h7-9,13,15H,4-6H2,1-3H3. The number of unbranched alkanes of at least 4 members (excludes halogenated alkanes) is 1. The minimum Gasteiger partial charge on any atom is -0.313 e. The SMILES string of the molecule is CCCCC(NC)c1ccc(C)cc1Br. The highest BCUT2D eigenvalue weighted by atomic mass is 79.9. The molecule has 1 aromatic rings. The third-order valence-corrected chi connectivity index (χ3v) is 3.41. The van der Waals surface area contributed by atoms with Crippen molar-refractivity contribution in [1.82, 2.24) is 5.32 Å². The fraction of sp³-hybridized carbons (Fsp3) is 0.538. The zero-order valence-corrected chi connectivity index (χ0v) is 11.4. The lowest BCUT2D eigenvalue weighted by molar-refractivity contribution is 0.521. The molecule has 0 saturated heterocycles. The Kier molecular flexibility index (Phi) is 5.34. The fourth-order valence-electron chi connectivity index (χ4n) is 1.78. The highest BCUT2D eigenvalue weighted by Gasteiger charge is 2.11. The van der Waals surface area contributed by atoms with Crippen molar-refractivity contribution in [2.24, 2.45) is 0 Å². The van der Waals surface area contributed by atoms with Crippen LogP contribution in [0.1, 0.15) is 43.4 Å². The summed E-state index contributed by atoms with van der Waals surface area (Å²) in [5.74, 6) is 0. The van der Waals surface area contributed by atoms with Crippen molar-refractivity contribution < 1.29 is 0 Å². The Hall–Kier alpha value is -0.340. The lowest BCUT2D eigenvalue weighted by Crippen LogP contribution is -2.16. The molecule has 0 bridgehead atoms. The normalized spacial score (nSPS) is 12.8. The number of hydrogen-bond acceptors (Lipinski definition) is 1. The van der Waals surface area contributed by atoms with Crippen LogP contribution >= 0.6 is 15.9 Å². The molecule has 0 saturated carbocycles. The number of halogens is 1. The molecule has 1 N–H and O–H groups in total. The number of hydrogen-bond donors (Lipinski definition) is 1. The van der Waals surface area contributed by atoms with Crippen molar-refractivity contribution in [1.29, 1.82) is 0 Å². The van der Waals surface area contributed by atoms with Crippen molar-refractivity contribution in [2.75, 3.05) is 7.05 Å². The van der Waals surface area contributed by atoms with Gasteiger partial charge in [-0.15, -0.1) is 0 Å². The van der Waals surface area contributed by atoms with E-state index in [0.717, 1.165) is 0 Å². The summed E-state index contributed by atoms with van der Waals surface area (Å²) in [5.41, 5.74) is 2.67. The van der Waals surface area contributed by atoms with Crippen molar-refractivity contribution >= 4 is 15.9 Å². The van der Waals surface area contributed by atoms with Crippen LogP contribution in [-0.2, 0) is 0 Å². The molecular weight excluding hydrogens is 250 g/mol. The lowest BCUT2D eigenvalue weighted by atomic mass is 10.0. The predicted molar refractivity (Wildman–Crippen MR) is 70.2 cm³/mol. The second-order valence-corrected chi connectivity index (χ2v) is 4.86. The first kappa shape index (κ1) is 12.7. The first-order valence-electron chi connectivity index (χ1n) is 5.62. The van der Waals surface area contributed by atoms with Crippen LogP contribution in [0.15, 0.2) is 22.7 Å². The molecule has 0 aliphatic heterocycles. The van der Waals surface area contributed by atoms with E-state index in [1.165, 1.54) is 34.9 Å². The maximum absolute atomic E-state index is 3.64. The van der Waals surface area contributed by atoms with Gasteiger partial charge < -0.3 is 5.32 Å². The Bertz CT molecular complexity index is 309. The molecule has 1 rings (SSSR count). The van der Waals surface area contributed by atoms with Crippen LogP contribution in [0.3, 0.4) is 0 Å². The maximum atomic E-state index is 3.64. The average Bonchev–Trinajstić information content (AvgIpc) is 2.21. The van der Waals surface area contributed by atoms with Gasteiger partial charge in [0.15, 0.2) is 0 Å². The average molecular weight is 270 g/mol. The van der Waals surface area contributed by atoms with E-state index in [1.54, 1.807) is 0 Å². The first-order valence-corrected chi connectivity index (χ1v) is 6.41. The predicted octanol–water partition coefficient (Wildman–Crippen LogP) is 4.21. The lowest BCUT2D eigenvalue weighted by Gasteiger charge is -2.18. The molecular formula is C13H20BrN. The van der Waals surface area contributed by atoms with E-state index in [9.17, 15) is 0 Å². The molecule has 0 aliphatic carbocycles. The van der Waals surface area contributed by atoms with Crippen molar-refractivity contribution in [3.63, 3.8) is 0 Å². The summed E-state index contributed by atoms with van der Waals surface area (Å²) < 4.78 is 1.22. The van der Waals surface area contributed by atoms with Gasteiger partial charge in [0, 0.05) is 10.5 Å². The number of rotatable bonds is 5. The van der Waals surface area contributed by atoms with Gasteiger partial charge in [-0.2, -0.15) is 0 Å². The Morgan fingerprint density at radius 1 is 1.40 bits per heavy atom. The summed E-state index contributed by atoms with van der Waals surface area (Å²) in [4.78, 5) is 0. The summed E-state index contributed by atoms with van der Waals surface area (Å²) in [6.07, 6.45) is 3.72. The number of benzene rings is 1. The Balaban J connectivity index is 2.81. The van der Waals surface area contributed by atoms with Gasteiger partial charge in [0.25, 0.3) is 0 Å². The third kappa shape index (κ3) is 3.62. The maximum Gasteiger partial charge on any atom is 0.0328 e. The van der Waals surface area contributed by atoms with Gasteiger partial charge in [0.2, 0.25) is 0 Å². The molecule has 0 heterocycles. The van der Waals surface area contributed by atoms with Crippen molar-refractivity contribution in [3.05, 3.63) is 33.8 Å². The van der Waals surface area contributed by atoms with Crippen LogP contribution < -0.4 is 5.32 Å². The molecule has 0 amide bonds. The van der Waals surface area contributed by atoms with Gasteiger partial charge in [-0.1, -0.05) is 47.8 Å². The van der Waals surface area contributed by atoms with E-state index < -0.39 is 0 Å². The summed E-state index contributed by atoms with van der Waals surface area (Å²) in [6.45, 7) is 4.35. The molecule has 15 heavy (non-hydrogen) atoms. The van der Waals surface area contributed by atoms with Crippen LogP contribution in [0.25, 0.3) is 0 Å². The number of aryl methyl sites for hydroxylation is 1. The largest absolute Gasteiger partial charge is 0.313 e. The van der Waals surface area contributed by atoms with E-state index in [4.69, 9.17) is 0 Å². The van der Waals surface area contributed by atoms with Crippen molar-refractivity contribution in [2.45, 2.75) is 39.2 Å². The molecule has 0 fully saturated rings. The first-order chi connectivity index (χ1) is 7.19. The summed E-state index contributed by atoms with van der Waals surface area (Å²) >= 11 is 3.64. The molecule has 1 aromatic carbocycles. The number of nitrogens with one attached hydrogen (secondary N) is 1. The quantitative estimate of drug-likeness (QED) is 0.845. The van der Waals surface area contributed by atoms with Gasteiger partial charge >= 0.3 is 0 Å². The van der Waals surface area contributed by atoms with Gasteiger partial charge in [-0.3, -0.25) is 0 Å². The zero-order valence-electron chi connectivity index (χ0n) is 9.81. The second-order valence-electron chi connectivity index (χ2n) is 4.01. The minimum absolute atomic E-state index is 0.472. The van der Waals surface area contributed by atoms with Gasteiger partial charge in [-0.05, 0) is 37.6 Å². The van der Waals surface area contributed by atoms with E-state index in [2.05, 4.69) is 53.3 Å². The molecule has 0 spiro atoms. The molecule has 0 aromatic heterocycles. The van der Waals surface area contributed by atoms with Gasteiger partial charge in [0.05, 0.1) is 0 Å². The highest BCUT2D eigenvalue weighted by molar-refractivity contribution is 9.10. The Morgan fingerprint density at radius 3 is 2.67 bits per heavy atom. The summed E-state index contributed by atoms with van der Waals surface area (Å²) in [7, 11) is 2.03. The van der Waals surface area contributed by atoms with Crippen LogP contribution in [0.4, 0.5) is 0 Å². The monoisotopic (exact) mass is 269 g/mol. The van der Waals surface area contributed by atoms with Crippen LogP contribution in [-0.4, -0.2) is 7.05 Å². The Labute approximate surface area is 101 Å². The second kappa shape index (κ2) is 6.29. The Morgan fingerprint density at radius 2 is 2.13 bits per heavy atom. The molecule has 1 unspecified atom stereocenters. The summed E-state index contributed by atoms with van der Waals surface area (Å²) in [6, 6.07) is 7.05. The van der Waals surface area contributed by atoms with E-state index in [1.807, 2.05) is 7.05 Å². The summed E-state index contributed by atoms with van der Waals surface area (Å²) in [5, 5.41) is 3.38. The molecule has 1 atom stereocenters. The molecule has 0 aliphatic rings. The van der Waals surface area contributed by atoms with E-state index >= 15 is 0 Å². The molecule has 2 heteroatoms. The molecule has 1 nitrogen and oxygen atoms in total.